The molecule has 6 heteroatoms. The van der Waals surface area contributed by atoms with Crippen LogP contribution in [0.15, 0.2) is 24.5 Å². The van der Waals surface area contributed by atoms with Crippen molar-refractivity contribution < 1.29 is 9.59 Å². The van der Waals surface area contributed by atoms with Gasteiger partial charge in [0.25, 0.3) is 0 Å². The number of thioether (sulfide) groups is 1. The summed E-state index contributed by atoms with van der Waals surface area (Å²) in [5.74, 6) is -1.07. The Hall–Kier alpha value is -1.56. The van der Waals surface area contributed by atoms with Gasteiger partial charge in [-0.25, -0.2) is 0 Å². The number of hydrogen-bond acceptors (Lipinski definition) is 4. The summed E-state index contributed by atoms with van der Waals surface area (Å²) in [4.78, 5) is 29.5. The van der Waals surface area contributed by atoms with Gasteiger partial charge in [-0.1, -0.05) is 13.8 Å². The lowest BCUT2D eigenvalue weighted by atomic mass is 10.3. The Kier molecular flexibility index (Phi) is 4.42. The van der Waals surface area contributed by atoms with Crippen molar-refractivity contribution in [1.29, 1.82) is 0 Å². The lowest BCUT2D eigenvalue weighted by molar-refractivity contribution is -0.143. The number of amides is 2. The van der Waals surface area contributed by atoms with Gasteiger partial charge in [0.2, 0.25) is 0 Å². The molecule has 0 unspecified atom stereocenters. The molecule has 1 aromatic rings. The maximum absolute atomic E-state index is 12.1. The van der Waals surface area contributed by atoms with E-state index in [2.05, 4.69) is 24.1 Å². The Morgan fingerprint density at radius 1 is 1.37 bits per heavy atom. The lowest BCUT2D eigenvalue weighted by Gasteiger charge is -2.34. The summed E-state index contributed by atoms with van der Waals surface area (Å²) in [7, 11) is 0. The van der Waals surface area contributed by atoms with Crippen LogP contribution in [0.25, 0.3) is 0 Å². The van der Waals surface area contributed by atoms with Crippen LogP contribution < -0.4 is 5.32 Å². The molecule has 0 spiro atoms. The van der Waals surface area contributed by atoms with Crippen molar-refractivity contribution in [3.63, 3.8) is 0 Å². The molecular formula is C13H17N3O2S. The lowest BCUT2D eigenvalue weighted by Crippen LogP contribution is -2.48. The van der Waals surface area contributed by atoms with E-state index in [1.807, 2.05) is 11.8 Å². The molecule has 2 rings (SSSR count). The average Bonchev–Trinajstić information content (AvgIpc) is 2.37. The summed E-state index contributed by atoms with van der Waals surface area (Å²) in [6.45, 7) is 5.38. The van der Waals surface area contributed by atoms with Crippen LogP contribution in [0.5, 0.6) is 0 Å². The summed E-state index contributed by atoms with van der Waals surface area (Å²) in [5, 5.41) is 3.29. The van der Waals surface area contributed by atoms with E-state index in [1.165, 1.54) is 6.20 Å². The third kappa shape index (κ3) is 3.70. The van der Waals surface area contributed by atoms with Crippen molar-refractivity contribution in [2.45, 2.75) is 24.3 Å². The van der Waals surface area contributed by atoms with Gasteiger partial charge in [0.1, 0.15) is 0 Å². The van der Waals surface area contributed by atoms with E-state index in [0.29, 0.717) is 29.3 Å². The van der Waals surface area contributed by atoms with Crippen molar-refractivity contribution in [1.82, 2.24) is 9.88 Å². The van der Waals surface area contributed by atoms with Gasteiger partial charge in [-0.2, -0.15) is 11.8 Å². The van der Waals surface area contributed by atoms with Crippen molar-refractivity contribution in [2.24, 2.45) is 0 Å². The zero-order valence-electron chi connectivity index (χ0n) is 11.0. The van der Waals surface area contributed by atoms with Gasteiger partial charge in [-0.15, -0.1) is 0 Å². The highest BCUT2D eigenvalue weighted by atomic mass is 32.2. The zero-order valence-corrected chi connectivity index (χ0v) is 11.8. The number of pyridine rings is 1. The van der Waals surface area contributed by atoms with E-state index < -0.39 is 11.8 Å². The number of aromatic nitrogens is 1. The molecule has 0 bridgehead atoms. The fraction of sp³-hybridized carbons (Fsp3) is 0.462. The Labute approximate surface area is 116 Å². The van der Waals surface area contributed by atoms with Gasteiger partial charge in [0, 0.05) is 29.8 Å². The maximum Gasteiger partial charge on any atom is 0.313 e. The molecule has 1 aliphatic rings. The number of carbonyl (C=O) groups excluding carboxylic acids is 2. The standard InChI is InChI=1S/C13H17N3O2S/c1-9-7-16(8-10(2)19-9)13(18)12(17)15-11-4-3-5-14-6-11/h3-6,9-10H,7-8H2,1-2H3,(H,15,17)/t9-,10-/m0/s1. The van der Waals surface area contributed by atoms with Crippen LogP contribution in [0, 0.1) is 0 Å². The smallest absolute Gasteiger partial charge is 0.313 e. The second kappa shape index (κ2) is 6.06. The fourth-order valence-electron chi connectivity index (χ4n) is 2.11. The molecular weight excluding hydrogens is 262 g/mol. The first kappa shape index (κ1) is 13.9. The quantitative estimate of drug-likeness (QED) is 0.789. The highest BCUT2D eigenvalue weighted by Crippen LogP contribution is 2.24. The normalized spacial score (nSPS) is 22.9. The van der Waals surface area contributed by atoms with Crippen LogP contribution in [0.1, 0.15) is 13.8 Å². The summed E-state index contributed by atoms with van der Waals surface area (Å²) < 4.78 is 0. The van der Waals surface area contributed by atoms with E-state index in [9.17, 15) is 9.59 Å². The number of rotatable bonds is 1. The minimum absolute atomic E-state index is 0.360. The minimum Gasteiger partial charge on any atom is -0.332 e. The average molecular weight is 279 g/mol. The Balaban J connectivity index is 1.97. The molecule has 1 aliphatic heterocycles. The van der Waals surface area contributed by atoms with Gasteiger partial charge in [-0.05, 0) is 12.1 Å². The molecule has 19 heavy (non-hydrogen) atoms. The Bertz CT molecular complexity index is 456. The van der Waals surface area contributed by atoms with Crippen LogP contribution in [0.3, 0.4) is 0 Å². The first-order chi connectivity index (χ1) is 9.06. The molecule has 2 atom stereocenters. The van der Waals surface area contributed by atoms with Crippen molar-refractivity contribution >= 4 is 29.3 Å². The maximum atomic E-state index is 12.1. The third-order valence-electron chi connectivity index (χ3n) is 2.82. The third-order valence-corrected chi connectivity index (χ3v) is 4.05. The molecule has 102 valence electrons. The number of nitrogens with zero attached hydrogens (tertiary/aromatic N) is 2. The Morgan fingerprint density at radius 2 is 2.05 bits per heavy atom. The van der Waals surface area contributed by atoms with Crippen LogP contribution >= 0.6 is 11.8 Å². The summed E-state index contributed by atoms with van der Waals surface area (Å²) in [5.41, 5.74) is 0.535. The predicted molar refractivity (Wildman–Crippen MR) is 76.0 cm³/mol. The first-order valence-corrected chi connectivity index (χ1v) is 7.16. The second-order valence-corrected chi connectivity index (χ2v) is 6.54. The summed E-state index contributed by atoms with van der Waals surface area (Å²) >= 11 is 1.84. The molecule has 0 saturated carbocycles. The topological polar surface area (TPSA) is 62.3 Å². The van der Waals surface area contributed by atoms with Crippen molar-refractivity contribution in [3.8, 4) is 0 Å². The molecule has 5 nitrogen and oxygen atoms in total. The van der Waals surface area contributed by atoms with Crippen LogP contribution in [-0.2, 0) is 9.59 Å². The number of anilines is 1. The van der Waals surface area contributed by atoms with Gasteiger partial charge in [0.05, 0.1) is 11.9 Å². The molecule has 0 aromatic carbocycles. The fourth-order valence-corrected chi connectivity index (χ4v) is 3.43. The van der Waals surface area contributed by atoms with E-state index in [1.54, 1.807) is 23.2 Å². The van der Waals surface area contributed by atoms with Crippen LogP contribution in [0.4, 0.5) is 5.69 Å². The van der Waals surface area contributed by atoms with Gasteiger partial charge in [-0.3, -0.25) is 14.6 Å². The largest absolute Gasteiger partial charge is 0.332 e. The molecule has 0 aliphatic carbocycles. The number of nitrogens with one attached hydrogen (secondary N) is 1. The molecule has 1 N–H and O–H groups in total. The monoisotopic (exact) mass is 279 g/mol. The second-order valence-electron chi connectivity index (χ2n) is 4.66. The van der Waals surface area contributed by atoms with Gasteiger partial charge >= 0.3 is 11.8 Å². The van der Waals surface area contributed by atoms with Crippen molar-refractivity contribution in [2.75, 3.05) is 18.4 Å². The highest BCUT2D eigenvalue weighted by Gasteiger charge is 2.29. The van der Waals surface area contributed by atoms with Gasteiger partial charge < -0.3 is 10.2 Å². The Morgan fingerprint density at radius 3 is 2.63 bits per heavy atom. The zero-order chi connectivity index (χ0) is 13.8. The molecule has 0 radical (unpaired) electrons. The summed E-state index contributed by atoms with van der Waals surface area (Å²) in [6.07, 6.45) is 3.13. The molecule has 1 fully saturated rings. The van der Waals surface area contributed by atoms with Crippen LogP contribution in [0.2, 0.25) is 0 Å². The van der Waals surface area contributed by atoms with Crippen molar-refractivity contribution in [3.05, 3.63) is 24.5 Å². The molecule has 1 aromatic heterocycles. The molecule has 2 amide bonds. The number of hydrogen-bond donors (Lipinski definition) is 1. The van der Waals surface area contributed by atoms with Gasteiger partial charge in [0.15, 0.2) is 0 Å². The first-order valence-electron chi connectivity index (χ1n) is 6.22. The summed E-state index contributed by atoms with van der Waals surface area (Å²) in [6, 6.07) is 3.41. The number of carbonyl (C=O) groups is 2. The van der Waals surface area contributed by atoms with E-state index in [0.717, 1.165) is 0 Å². The highest BCUT2D eigenvalue weighted by molar-refractivity contribution is 8.00. The SMILES string of the molecule is C[C@H]1CN(C(=O)C(=O)Nc2cccnc2)C[C@H](C)S1. The van der Waals surface area contributed by atoms with E-state index >= 15 is 0 Å². The molecule has 1 saturated heterocycles. The molecule has 2 heterocycles. The van der Waals surface area contributed by atoms with E-state index in [-0.39, 0.29) is 0 Å². The predicted octanol–water partition coefficient (Wildman–Crippen LogP) is 1.37. The van der Waals surface area contributed by atoms with Crippen LogP contribution in [-0.4, -0.2) is 45.3 Å². The van der Waals surface area contributed by atoms with E-state index in [4.69, 9.17) is 0 Å². The minimum atomic E-state index is -0.598.